The van der Waals surface area contributed by atoms with Crippen molar-refractivity contribution in [3.63, 3.8) is 0 Å². The predicted octanol–water partition coefficient (Wildman–Crippen LogP) is 3.90. The molecule has 3 aromatic rings. The number of thiazole rings is 1. The van der Waals surface area contributed by atoms with Crippen LogP contribution in [-0.2, 0) is 0 Å². The molecule has 0 atom stereocenters. The Kier molecular flexibility index (Phi) is 2.79. The minimum atomic E-state index is -0.528. The number of nitrogens with one attached hydrogen (secondary N) is 1. The number of hydrogen-bond acceptors (Lipinski definition) is 4. The Bertz CT molecular complexity index is 755. The lowest BCUT2D eigenvalue weighted by Gasteiger charge is -2.03. The van der Waals surface area contributed by atoms with Crippen molar-refractivity contribution in [3.8, 4) is 0 Å². The van der Waals surface area contributed by atoms with Gasteiger partial charge in [-0.25, -0.2) is 13.8 Å². The van der Waals surface area contributed by atoms with Crippen LogP contribution in [-0.4, -0.2) is 4.98 Å². The molecule has 0 unspecified atom stereocenters. The third kappa shape index (κ3) is 2.34. The van der Waals surface area contributed by atoms with Gasteiger partial charge in [-0.05, 0) is 30.3 Å². The molecule has 96 valence electrons. The van der Waals surface area contributed by atoms with Crippen LogP contribution < -0.4 is 11.1 Å². The molecule has 1 aromatic heterocycles. The molecule has 0 saturated carbocycles. The number of benzene rings is 2. The molecule has 0 fully saturated rings. The topological polar surface area (TPSA) is 50.9 Å². The van der Waals surface area contributed by atoms with Gasteiger partial charge in [0.05, 0.1) is 15.9 Å². The van der Waals surface area contributed by atoms with E-state index >= 15 is 0 Å². The van der Waals surface area contributed by atoms with Crippen molar-refractivity contribution >= 4 is 38.1 Å². The van der Waals surface area contributed by atoms with E-state index in [4.69, 9.17) is 5.73 Å². The van der Waals surface area contributed by atoms with E-state index in [0.29, 0.717) is 10.8 Å². The first kappa shape index (κ1) is 11.9. The molecule has 1 heterocycles. The maximum absolute atomic E-state index is 13.5. The van der Waals surface area contributed by atoms with E-state index in [2.05, 4.69) is 10.3 Å². The van der Waals surface area contributed by atoms with Gasteiger partial charge in [0.25, 0.3) is 0 Å². The molecule has 0 aliphatic carbocycles. The van der Waals surface area contributed by atoms with E-state index in [0.717, 1.165) is 28.4 Å². The Balaban J connectivity index is 1.98. The molecule has 3 N–H and O–H groups in total. The van der Waals surface area contributed by atoms with Crippen molar-refractivity contribution in [1.29, 1.82) is 0 Å². The minimum absolute atomic E-state index is 0.0621. The van der Waals surface area contributed by atoms with Gasteiger partial charge >= 0.3 is 0 Å². The number of hydrogen-bond donors (Lipinski definition) is 2. The largest absolute Gasteiger partial charge is 0.399 e. The molecule has 0 amide bonds. The van der Waals surface area contributed by atoms with E-state index in [9.17, 15) is 8.78 Å². The van der Waals surface area contributed by atoms with Crippen molar-refractivity contribution in [1.82, 2.24) is 4.98 Å². The Morgan fingerprint density at radius 2 is 1.95 bits per heavy atom. The SMILES string of the molecule is Nc1ccc2nc(Nc3cc(F)ccc3F)sc2c1. The van der Waals surface area contributed by atoms with E-state index < -0.39 is 11.6 Å². The monoisotopic (exact) mass is 277 g/mol. The van der Waals surface area contributed by atoms with Gasteiger partial charge in [-0.2, -0.15) is 0 Å². The van der Waals surface area contributed by atoms with Gasteiger partial charge in [-0.15, -0.1) is 0 Å². The predicted molar refractivity (Wildman–Crippen MR) is 73.7 cm³/mol. The maximum atomic E-state index is 13.5. The van der Waals surface area contributed by atoms with Crippen LogP contribution in [0.15, 0.2) is 36.4 Å². The van der Waals surface area contributed by atoms with Crippen molar-refractivity contribution in [3.05, 3.63) is 48.0 Å². The van der Waals surface area contributed by atoms with Gasteiger partial charge in [0.1, 0.15) is 11.6 Å². The zero-order valence-electron chi connectivity index (χ0n) is 9.65. The first-order chi connectivity index (χ1) is 9.11. The van der Waals surface area contributed by atoms with Gasteiger partial charge < -0.3 is 11.1 Å². The van der Waals surface area contributed by atoms with Crippen LogP contribution in [0.3, 0.4) is 0 Å². The molecule has 0 aliphatic rings. The zero-order valence-corrected chi connectivity index (χ0v) is 10.5. The number of fused-ring (bicyclic) bond motifs is 1. The third-order valence-corrected chi connectivity index (χ3v) is 3.52. The van der Waals surface area contributed by atoms with Gasteiger partial charge in [0.15, 0.2) is 5.13 Å². The second kappa shape index (κ2) is 4.47. The Labute approximate surface area is 111 Å². The number of halogens is 2. The van der Waals surface area contributed by atoms with Crippen LogP contribution in [0.5, 0.6) is 0 Å². The van der Waals surface area contributed by atoms with Crippen molar-refractivity contribution in [2.24, 2.45) is 0 Å². The molecule has 6 heteroatoms. The molecule has 3 nitrogen and oxygen atoms in total. The summed E-state index contributed by atoms with van der Waals surface area (Å²) in [5.74, 6) is -1.03. The van der Waals surface area contributed by atoms with E-state index in [-0.39, 0.29) is 5.69 Å². The summed E-state index contributed by atoms with van der Waals surface area (Å²) in [6, 6.07) is 8.56. The first-order valence-electron chi connectivity index (χ1n) is 5.50. The number of nitrogens with two attached hydrogens (primary N) is 1. The summed E-state index contributed by atoms with van der Waals surface area (Å²) in [7, 11) is 0. The molecule has 0 aliphatic heterocycles. The average molecular weight is 277 g/mol. The Morgan fingerprint density at radius 3 is 2.79 bits per heavy atom. The van der Waals surface area contributed by atoms with Gasteiger partial charge in [-0.3, -0.25) is 0 Å². The average Bonchev–Trinajstić information content (AvgIpc) is 2.75. The summed E-state index contributed by atoms with van der Waals surface area (Å²) in [5.41, 5.74) is 7.14. The van der Waals surface area contributed by atoms with Crippen molar-refractivity contribution in [2.45, 2.75) is 0 Å². The summed E-state index contributed by atoms with van der Waals surface area (Å²) in [6.07, 6.45) is 0. The number of anilines is 3. The lowest BCUT2D eigenvalue weighted by molar-refractivity contribution is 0.603. The highest BCUT2D eigenvalue weighted by molar-refractivity contribution is 7.22. The quantitative estimate of drug-likeness (QED) is 0.698. The fourth-order valence-corrected chi connectivity index (χ4v) is 2.63. The zero-order chi connectivity index (χ0) is 13.4. The third-order valence-electron chi connectivity index (χ3n) is 2.58. The van der Waals surface area contributed by atoms with Crippen LogP contribution in [0.4, 0.5) is 25.3 Å². The Morgan fingerprint density at radius 1 is 1.11 bits per heavy atom. The molecular weight excluding hydrogens is 268 g/mol. The Hall–Kier alpha value is -2.21. The van der Waals surface area contributed by atoms with Crippen LogP contribution in [0.25, 0.3) is 10.2 Å². The normalized spacial score (nSPS) is 10.8. The second-order valence-electron chi connectivity index (χ2n) is 4.00. The summed E-state index contributed by atoms with van der Waals surface area (Å²) in [5, 5.41) is 3.26. The molecule has 19 heavy (non-hydrogen) atoms. The summed E-state index contributed by atoms with van der Waals surface area (Å²) >= 11 is 1.33. The lowest BCUT2D eigenvalue weighted by atomic mass is 10.3. The number of rotatable bonds is 2. The standard InChI is InChI=1S/C13H9F2N3S/c14-7-1-3-9(15)11(5-7)18-13-17-10-4-2-8(16)6-12(10)19-13/h1-6H,16H2,(H,17,18). The fraction of sp³-hybridized carbons (Fsp3) is 0. The smallest absolute Gasteiger partial charge is 0.188 e. The maximum Gasteiger partial charge on any atom is 0.188 e. The highest BCUT2D eigenvalue weighted by Crippen LogP contribution is 2.30. The summed E-state index contributed by atoms with van der Waals surface area (Å²) in [6.45, 7) is 0. The highest BCUT2D eigenvalue weighted by atomic mass is 32.1. The second-order valence-corrected chi connectivity index (χ2v) is 5.03. The van der Waals surface area contributed by atoms with Crippen LogP contribution in [0, 0.1) is 11.6 Å². The van der Waals surface area contributed by atoms with E-state index in [1.807, 2.05) is 0 Å². The summed E-state index contributed by atoms with van der Waals surface area (Å²) < 4.78 is 27.5. The molecular formula is C13H9F2N3S. The van der Waals surface area contributed by atoms with Crippen LogP contribution >= 0.6 is 11.3 Å². The molecule has 3 rings (SSSR count). The van der Waals surface area contributed by atoms with Crippen LogP contribution in [0.1, 0.15) is 0 Å². The molecule has 2 aromatic carbocycles. The summed E-state index contributed by atoms with van der Waals surface area (Å²) in [4.78, 5) is 4.28. The van der Waals surface area contributed by atoms with Crippen molar-refractivity contribution in [2.75, 3.05) is 11.1 Å². The highest BCUT2D eigenvalue weighted by Gasteiger charge is 2.08. The first-order valence-corrected chi connectivity index (χ1v) is 6.31. The lowest BCUT2D eigenvalue weighted by Crippen LogP contribution is -1.93. The number of nitrogens with zero attached hydrogens (tertiary/aromatic N) is 1. The molecule has 0 radical (unpaired) electrons. The van der Waals surface area contributed by atoms with Crippen molar-refractivity contribution < 1.29 is 8.78 Å². The van der Waals surface area contributed by atoms with E-state index in [1.165, 1.54) is 11.3 Å². The molecule has 0 saturated heterocycles. The van der Waals surface area contributed by atoms with E-state index in [1.54, 1.807) is 18.2 Å². The fourth-order valence-electron chi connectivity index (χ4n) is 1.70. The van der Waals surface area contributed by atoms with Crippen LogP contribution in [0.2, 0.25) is 0 Å². The number of nitrogen functional groups attached to an aromatic ring is 1. The molecule has 0 bridgehead atoms. The minimum Gasteiger partial charge on any atom is -0.399 e. The molecule has 0 spiro atoms. The van der Waals surface area contributed by atoms with Gasteiger partial charge in [-0.1, -0.05) is 11.3 Å². The van der Waals surface area contributed by atoms with Gasteiger partial charge in [0.2, 0.25) is 0 Å². The van der Waals surface area contributed by atoms with Gasteiger partial charge in [0, 0.05) is 11.8 Å². The number of aromatic nitrogens is 1.